The molecule has 0 unspecified atom stereocenters. The van der Waals surface area contributed by atoms with E-state index >= 15 is 0 Å². The number of halogens is 2. The molecule has 102 valence electrons. The highest BCUT2D eigenvalue weighted by Crippen LogP contribution is 2.23. The Morgan fingerprint density at radius 3 is 2.35 bits per heavy atom. The second-order valence-corrected chi connectivity index (χ2v) is 6.87. The van der Waals surface area contributed by atoms with Crippen molar-refractivity contribution in [2.75, 3.05) is 4.72 Å². The minimum absolute atomic E-state index is 0.00409. The number of benzene rings is 2. The Balaban J connectivity index is 2.33. The molecule has 20 heavy (non-hydrogen) atoms. The summed E-state index contributed by atoms with van der Waals surface area (Å²) in [5, 5.41) is 8.87. The molecule has 0 amide bonds. The highest BCUT2D eigenvalue weighted by molar-refractivity contribution is 9.10. The summed E-state index contributed by atoms with van der Waals surface area (Å²) < 4.78 is 27.6. The SMILES string of the molecule is N#Cc1ccc(S(=O)(=O)Nc2ccc(Br)cc2)cc1Cl. The summed E-state index contributed by atoms with van der Waals surface area (Å²) in [7, 11) is -3.73. The van der Waals surface area contributed by atoms with E-state index in [4.69, 9.17) is 16.9 Å². The molecule has 7 heteroatoms. The molecule has 0 saturated heterocycles. The van der Waals surface area contributed by atoms with Gasteiger partial charge in [-0.1, -0.05) is 27.5 Å². The molecule has 0 atom stereocenters. The Morgan fingerprint density at radius 1 is 1.15 bits per heavy atom. The van der Waals surface area contributed by atoms with Gasteiger partial charge >= 0.3 is 0 Å². The van der Waals surface area contributed by atoms with E-state index in [0.29, 0.717) is 5.69 Å². The van der Waals surface area contributed by atoms with E-state index in [9.17, 15) is 8.42 Å². The van der Waals surface area contributed by atoms with E-state index in [1.54, 1.807) is 24.3 Å². The van der Waals surface area contributed by atoms with E-state index < -0.39 is 10.0 Å². The maximum Gasteiger partial charge on any atom is 0.261 e. The lowest BCUT2D eigenvalue weighted by atomic mass is 10.2. The molecule has 0 aliphatic rings. The Hall–Kier alpha value is -1.55. The average Bonchev–Trinajstić information content (AvgIpc) is 2.41. The van der Waals surface area contributed by atoms with Crippen LogP contribution in [0.5, 0.6) is 0 Å². The van der Waals surface area contributed by atoms with Crippen molar-refractivity contribution in [3.05, 3.63) is 57.5 Å². The third kappa shape index (κ3) is 3.31. The number of sulfonamides is 1. The molecule has 0 fully saturated rings. The van der Waals surface area contributed by atoms with Gasteiger partial charge < -0.3 is 0 Å². The van der Waals surface area contributed by atoms with Crippen molar-refractivity contribution in [3.8, 4) is 6.07 Å². The van der Waals surface area contributed by atoms with Crippen LogP contribution in [-0.4, -0.2) is 8.42 Å². The maximum absolute atomic E-state index is 12.2. The molecular formula is C13H8BrClN2O2S. The van der Waals surface area contributed by atoms with Crippen molar-refractivity contribution in [1.29, 1.82) is 5.26 Å². The molecule has 0 aliphatic carbocycles. The normalized spacial score (nSPS) is 10.8. The summed E-state index contributed by atoms with van der Waals surface area (Å²) in [5.74, 6) is 0. The first-order valence-electron chi connectivity index (χ1n) is 5.40. The van der Waals surface area contributed by atoms with Crippen LogP contribution in [0.3, 0.4) is 0 Å². The third-order valence-corrected chi connectivity index (χ3v) is 4.69. The van der Waals surface area contributed by atoms with Crippen LogP contribution < -0.4 is 4.72 Å². The third-order valence-electron chi connectivity index (χ3n) is 2.47. The Bertz CT molecular complexity index is 783. The van der Waals surface area contributed by atoms with Crippen LogP contribution in [0.15, 0.2) is 51.8 Å². The maximum atomic E-state index is 12.2. The van der Waals surface area contributed by atoms with E-state index in [-0.39, 0.29) is 15.5 Å². The first kappa shape index (κ1) is 14.9. The first-order valence-corrected chi connectivity index (χ1v) is 8.06. The second-order valence-electron chi connectivity index (χ2n) is 3.87. The summed E-state index contributed by atoms with van der Waals surface area (Å²) in [6.45, 7) is 0. The van der Waals surface area contributed by atoms with E-state index in [2.05, 4.69) is 20.7 Å². The quantitative estimate of drug-likeness (QED) is 0.892. The average molecular weight is 372 g/mol. The highest BCUT2D eigenvalue weighted by atomic mass is 79.9. The molecule has 1 N–H and O–H groups in total. The van der Waals surface area contributed by atoms with Crippen LogP contribution in [0.1, 0.15) is 5.56 Å². The molecule has 0 bridgehead atoms. The van der Waals surface area contributed by atoms with Gasteiger partial charge in [-0.25, -0.2) is 8.42 Å². The monoisotopic (exact) mass is 370 g/mol. The van der Waals surface area contributed by atoms with Gasteiger partial charge in [-0.3, -0.25) is 4.72 Å². The summed E-state index contributed by atoms with van der Waals surface area (Å²) in [6, 6.07) is 12.6. The Morgan fingerprint density at radius 2 is 1.80 bits per heavy atom. The fourth-order valence-electron chi connectivity index (χ4n) is 1.49. The van der Waals surface area contributed by atoms with Gasteiger partial charge in [-0.05, 0) is 42.5 Å². The number of nitrogens with zero attached hydrogens (tertiary/aromatic N) is 1. The minimum atomic E-state index is -3.73. The number of rotatable bonds is 3. The summed E-state index contributed by atoms with van der Waals surface area (Å²) in [5.41, 5.74) is 0.669. The van der Waals surface area contributed by atoms with Gasteiger partial charge in [0, 0.05) is 10.2 Å². The van der Waals surface area contributed by atoms with Crippen molar-refractivity contribution in [2.24, 2.45) is 0 Å². The van der Waals surface area contributed by atoms with Crippen molar-refractivity contribution < 1.29 is 8.42 Å². The van der Waals surface area contributed by atoms with Gasteiger partial charge in [0.1, 0.15) is 6.07 Å². The molecule has 2 aromatic rings. The number of anilines is 1. The van der Waals surface area contributed by atoms with Gasteiger partial charge in [0.15, 0.2) is 0 Å². The van der Waals surface area contributed by atoms with Gasteiger partial charge in [0.25, 0.3) is 10.0 Å². The van der Waals surface area contributed by atoms with Crippen LogP contribution in [0.25, 0.3) is 0 Å². The van der Waals surface area contributed by atoms with Crippen molar-refractivity contribution in [2.45, 2.75) is 4.90 Å². The fraction of sp³-hybridized carbons (Fsp3) is 0. The molecule has 0 aliphatic heterocycles. The van der Waals surface area contributed by atoms with E-state index in [1.165, 1.54) is 18.2 Å². The minimum Gasteiger partial charge on any atom is -0.280 e. The molecule has 4 nitrogen and oxygen atoms in total. The molecule has 0 aromatic heterocycles. The lowest BCUT2D eigenvalue weighted by Gasteiger charge is -2.08. The zero-order chi connectivity index (χ0) is 14.8. The van der Waals surface area contributed by atoms with Crippen LogP contribution in [0.2, 0.25) is 5.02 Å². The van der Waals surface area contributed by atoms with Crippen LogP contribution in [0.4, 0.5) is 5.69 Å². The van der Waals surface area contributed by atoms with E-state index in [0.717, 1.165) is 4.47 Å². The van der Waals surface area contributed by atoms with Crippen molar-refractivity contribution >= 4 is 43.2 Å². The standard InChI is InChI=1S/C13H8BrClN2O2S/c14-10-2-4-11(5-3-10)17-20(18,19)12-6-1-9(8-16)13(15)7-12/h1-7,17H. The first-order chi connectivity index (χ1) is 9.42. The topological polar surface area (TPSA) is 70.0 Å². The molecule has 0 radical (unpaired) electrons. The van der Waals surface area contributed by atoms with Gasteiger partial charge in [-0.15, -0.1) is 0 Å². The van der Waals surface area contributed by atoms with E-state index in [1.807, 2.05) is 6.07 Å². The van der Waals surface area contributed by atoms with Gasteiger partial charge in [-0.2, -0.15) is 5.26 Å². The molecule has 0 heterocycles. The number of hydrogen-bond donors (Lipinski definition) is 1. The summed E-state index contributed by atoms with van der Waals surface area (Å²) >= 11 is 9.11. The van der Waals surface area contributed by atoms with Crippen LogP contribution in [0, 0.1) is 11.3 Å². The molecular weight excluding hydrogens is 364 g/mol. The Labute approximate surface area is 130 Å². The zero-order valence-electron chi connectivity index (χ0n) is 9.97. The fourth-order valence-corrected chi connectivity index (χ4v) is 3.12. The highest BCUT2D eigenvalue weighted by Gasteiger charge is 2.15. The Kier molecular flexibility index (Phi) is 4.33. The lowest BCUT2D eigenvalue weighted by Crippen LogP contribution is -2.12. The summed E-state index contributed by atoms with van der Waals surface area (Å²) in [4.78, 5) is 0.00409. The van der Waals surface area contributed by atoms with Gasteiger partial charge in [0.05, 0.1) is 15.5 Å². The summed E-state index contributed by atoms with van der Waals surface area (Å²) in [6.07, 6.45) is 0. The predicted octanol–water partition coefficient (Wildman–Crippen LogP) is 3.77. The van der Waals surface area contributed by atoms with Crippen LogP contribution >= 0.6 is 27.5 Å². The number of nitrogens with one attached hydrogen (secondary N) is 1. The van der Waals surface area contributed by atoms with Crippen LogP contribution in [-0.2, 0) is 10.0 Å². The largest absolute Gasteiger partial charge is 0.280 e. The second kappa shape index (κ2) is 5.83. The van der Waals surface area contributed by atoms with Gasteiger partial charge in [0.2, 0.25) is 0 Å². The molecule has 0 saturated carbocycles. The molecule has 0 spiro atoms. The smallest absolute Gasteiger partial charge is 0.261 e. The lowest BCUT2D eigenvalue weighted by molar-refractivity contribution is 0.601. The predicted molar refractivity (Wildman–Crippen MR) is 81.1 cm³/mol. The molecule has 2 aromatic carbocycles. The number of nitriles is 1. The number of hydrogen-bond acceptors (Lipinski definition) is 3. The zero-order valence-corrected chi connectivity index (χ0v) is 13.1. The van der Waals surface area contributed by atoms with Crippen molar-refractivity contribution in [3.63, 3.8) is 0 Å². The van der Waals surface area contributed by atoms with Crippen molar-refractivity contribution in [1.82, 2.24) is 0 Å². The molecule has 2 rings (SSSR count).